The molecule has 1 aliphatic heterocycles. The van der Waals surface area contributed by atoms with Crippen molar-refractivity contribution in [2.24, 2.45) is 0 Å². The summed E-state index contributed by atoms with van der Waals surface area (Å²) in [5.41, 5.74) is 0.336. The van der Waals surface area contributed by atoms with Crippen LogP contribution in [0.2, 0.25) is 5.15 Å². The van der Waals surface area contributed by atoms with Crippen LogP contribution < -0.4 is 5.32 Å². The van der Waals surface area contributed by atoms with E-state index in [9.17, 15) is 4.79 Å². The van der Waals surface area contributed by atoms with Gasteiger partial charge in [0.15, 0.2) is 6.29 Å². The van der Waals surface area contributed by atoms with Gasteiger partial charge < -0.3 is 10.2 Å². The molecule has 17 heavy (non-hydrogen) atoms. The summed E-state index contributed by atoms with van der Waals surface area (Å²) in [6, 6.07) is 0.304. The molecule has 0 radical (unpaired) electrons. The van der Waals surface area contributed by atoms with Gasteiger partial charge >= 0.3 is 0 Å². The molecule has 0 aromatic carbocycles. The van der Waals surface area contributed by atoms with Crippen LogP contribution in [0.4, 0.5) is 5.82 Å². The second kappa shape index (κ2) is 5.42. The Balaban J connectivity index is 2.12. The highest BCUT2D eigenvalue weighted by Crippen LogP contribution is 2.20. The van der Waals surface area contributed by atoms with Gasteiger partial charge in [-0.25, -0.2) is 9.97 Å². The van der Waals surface area contributed by atoms with Gasteiger partial charge in [-0.3, -0.25) is 4.79 Å². The van der Waals surface area contributed by atoms with Crippen LogP contribution in [0.1, 0.15) is 23.2 Å². The smallest absolute Gasteiger partial charge is 0.156 e. The Kier molecular flexibility index (Phi) is 3.91. The van der Waals surface area contributed by atoms with Gasteiger partial charge in [0.25, 0.3) is 0 Å². The van der Waals surface area contributed by atoms with Crippen LogP contribution >= 0.6 is 11.6 Å². The summed E-state index contributed by atoms with van der Waals surface area (Å²) in [5, 5.41) is 3.46. The van der Waals surface area contributed by atoms with E-state index >= 15 is 0 Å². The molecule has 2 heterocycles. The van der Waals surface area contributed by atoms with Crippen molar-refractivity contribution in [2.75, 3.05) is 25.5 Å². The average molecular weight is 255 g/mol. The number of nitrogens with zero attached hydrogens (tertiary/aromatic N) is 3. The third-order valence-electron chi connectivity index (χ3n) is 2.92. The molecule has 0 bridgehead atoms. The zero-order valence-electron chi connectivity index (χ0n) is 9.69. The number of anilines is 1. The zero-order valence-corrected chi connectivity index (χ0v) is 10.4. The van der Waals surface area contributed by atoms with Crippen molar-refractivity contribution >= 4 is 23.7 Å². The molecule has 0 spiro atoms. The summed E-state index contributed by atoms with van der Waals surface area (Å²) in [7, 11) is 2.08. The van der Waals surface area contributed by atoms with Gasteiger partial charge in [-0.15, -0.1) is 0 Å². The molecule has 0 saturated carbocycles. The van der Waals surface area contributed by atoms with E-state index in [2.05, 4.69) is 27.2 Å². The van der Waals surface area contributed by atoms with Crippen molar-refractivity contribution in [1.82, 2.24) is 14.9 Å². The lowest BCUT2D eigenvalue weighted by molar-refractivity contribution is 0.112. The quantitative estimate of drug-likeness (QED) is 0.654. The molecule has 2 rings (SSSR count). The Morgan fingerprint density at radius 2 is 2.41 bits per heavy atom. The molecule has 1 atom stereocenters. The fourth-order valence-corrected chi connectivity index (χ4v) is 2.25. The van der Waals surface area contributed by atoms with Crippen molar-refractivity contribution < 1.29 is 4.79 Å². The Morgan fingerprint density at radius 1 is 1.59 bits per heavy atom. The van der Waals surface area contributed by atoms with Crippen LogP contribution in [0.15, 0.2) is 6.33 Å². The predicted molar refractivity (Wildman–Crippen MR) is 66.6 cm³/mol. The third-order valence-corrected chi connectivity index (χ3v) is 3.22. The number of rotatable bonds is 3. The minimum absolute atomic E-state index is 0.196. The molecule has 1 unspecified atom stereocenters. The molecule has 1 saturated heterocycles. The number of nitrogens with one attached hydrogen (secondary N) is 1. The number of carbonyl (C=O) groups is 1. The van der Waals surface area contributed by atoms with Crippen LogP contribution in [0.3, 0.4) is 0 Å². The van der Waals surface area contributed by atoms with Gasteiger partial charge in [-0.05, 0) is 26.4 Å². The van der Waals surface area contributed by atoms with Crippen LogP contribution in [0.5, 0.6) is 0 Å². The molecular formula is C11H15ClN4O. The first kappa shape index (κ1) is 12.3. The molecule has 1 fully saturated rings. The van der Waals surface area contributed by atoms with E-state index in [0.717, 1.165) is 25.9 Å². The molecule has 5 nitrogen and oxygen atoms in total. The zero-order chi connectivity index (χ0) is 12.3. The van der Waals surface area contributed by atoms with Crippen LogP contribution in [0.25, 0.3) is 0 Å². The number of likely N-dealkylation sites (N-methyl/N-ethyl adjacent to an activating group) is 1. The monoisotopic (exact) mass is 254 g/mol. The number of piperidine rings is 1. The first-order valence-corrected chi connectivity index (χ1v) is 5.99. The average Bonchev–Trinajstić information content (AvgIpc) is 2.29. The van der Waals surface area contributed by atoms with Gasteiger partial charge in [0.05, 0.1) is 5.56 Å². The first-order chi connectivity index (χ1) is 8.20. The number of aldehydes is 1. The SMILES string of the molecule is CN1CCCC(Nc2ncnc(Cl)c2C=O)C1. The number of likely N-dealkylation sites (tertiary alicyclic amines) is 1. The van der Waals surface area contributed by atoms with E-state index in [-0.39, 0.29) is 5.15 Å². The lowest BCUT2D eigenvalue weighted by atomic mass is 10.1. The van der Waals surface area contributed by atoms with Crippen molar-refractivity contribution in [2.45, 2.75) is 18.9 Å². The molecule has 0 aliphatic carbocycles. The summed E-state index contributed by atoms with van der Waals surface area (Å²) in [6.07, 6.45) is 4.27. The van der Waals surface area contributed by atoms with Crippen molar-refractivity contribution in [1.29, 1.82) is 0 Å². The number of halogens is 1. The maximum Gasteiger partial charge on any atom is 0.156 e. The highest BCUT2D eigenvalue weighted by atomic mass is 35.5. The van der Waals surface area contributed by atoms with Gasteiger partial charge in [0.2, 0.25) is 0 Å². The maximum atomic E-state index is 10.9. The number of aromatic nitrogens is 2. The molecule has 92 valence electrons. The molecule has 0 amide bonds. The molecule has 1 aromatic rings. The van der Waals surface area contributed by atoms with Crippen LogP contribution in [-0.4, -0.2) is 47.3 Å². The van der Waals surface area contributed by atoms with Gasteiger partial charge in [0.1, 0.15) is 17.3 Å². The van der Waals surface area contributed by atoms with E-state index < -0.39 is 0 Å². The fourth-order valence-electron chi connectivity index (χ4n) is 2.07. The standard InChI is InChI=1S/C11H15ClN4O/c1-16-4-2-3-8(5-16)15-11-9(6-17)10(12)13-7-14-11/h6-8H,2-5H2,1H3,(H,13,14,15). The van der Waals surface area contributed by atoms with Crippen molar-refractivity contribution in [3.63, 3.8) is 0 Å². The number of hydrogen-bond donors (Lipinski definition) is 1. The lowest BCUT2D eigenvalue weighted by Crippen LogP contribution is -2.40. The fraction of sp³-hybridized carbons (Fsp3) is 0.545. The number of carbonyl (C=O) groups excluding carboxylic acids is 1. The first-order valence-electron chi connectivity index (χ1n) is 5.61. The molecule has 1 aromatic heterocycles. The highest BCUT2D eigenvalue weighted by Gasteiger charge is 2.19. The minimum atomic E-state index is 0.196. The molecule has 1 aliphatic rings. The van der Waals surface area contributed by atoms with Gasteiger partial charge in [0, 0.05) is 12.6 Å². The topological polar surface area (TPSA) is 58.1 Å². The Bertz CT molecular complexity index is 412. The summed E-state index contributed by atoms with van der Waals surface area (Å²) in [5.74, 6) is 0.528. The summed E-state index contributed by atoms with van der Waals surface area (Å²) < 4.78 is 0. The Labute approximate surface area is 105 Å². The summed E-state index contributed by atoms with van der Waals surface area (Å²) in [4.78, 5) is 21.1. The van der Waals surface area contributed by atoms with Crippen LogP contribution in [0, 0.1) is 0 Å². The van der Waals surface area contributed by atoms with Crippen molar-refractivity contribution in [3.05, 3.63) is 17.0 Å². The van der Waals surface area contributed by atoms with E-state index in [1.165, 1.54) is 6.33 Å². The largest absolute Gasteiger partial charge is 0.365 e. The molecule has 1 N–H and O–H groups in total. The Morgan fingerprint density at radius 3 is 3.12 bits per heavy atom. The second-order valence-corrected chi connectivity index (χ2v) is 4.65. The van der Waals surface area contributed by atoms with Gasteiger partial charge in [-0.2, -0.15) is 0 Å². The highest BCUT2D eigenvalue weighted by molar-refractivity contribution is 6.32. The van der Waals surface area contributed by atoms with E-state index in [0.29, 0.717) is 23.7 Å². The van der Waals surface area contributed by atoms with Crippen LogP contribution in [-0.2, 0) is 0 Å². The summed E-state index contributed by atoms with van der Waals surface area (Å²) in [6.45, 7) is 2.06. The van der Waals surface area contributed by atoms with E-state index in [1.807, 2.05) is 0 Å². The normalized spacial score (nSPS) is 21.2. The van der Waals surface area contributed by atoms with E-state index in [1.54, 1.807) is 0 Å². The molecular weight excluding hydrogens is 240 g/mol. The van der Waals surface area contributed by atoms with E-state index in [4.69, 9.17) is 11.6 Å². The lowest BCUT2D eigenvalue weighted by Gasteiger charge is -2.30. The minimum Gasteiger partial charge on any atom is -0.365 e. The third kappa shape index (κ3) is 2.92. The Hall–Kier alpha value is -1.20. The maximum absolute atomic E-state index is 10.9. The van der Waals surface area contributed by atoms with Crippen molar-refractivity contribution in [3.8, 4) is 0 Å². The predicted octanol–water partition coefficient (Wildman–Crippen LogP) is 1.45. The number of hydrogen-bond acceptors (Lipinski definition) is 5. The summed E-state index contributed by atoms with van der Waals surface area (Å²) >= 11 is 5.84. The second-order valence-electron chi connectivity index (χ2n) is 4.29. The van der Waals surface area contributed by atoms with Gasteiger partial charge in [-0.1, -0.05) is 11.6 Å². The molecule has 6 heteroatoms.